The minimum Gasteiger partial charge on any atom is -0.469 e. The lowest BCUT2D eigenvalue weighted by Gasteiger charge is -2.60. The van der Waals surface area contributed by atoms with Crippen LogP contribution in [-0.4, -0.2) is 24.5 Å². The van der Waals surface area contributed by atoms with Crippen molar-refractivity contribution in [2.24, 2.45) is 29.1 Å². The van der Waals surface area contributed by atoms with Gasteiger partial charge in [-0.3, -0.25) is 14.9 Å². The SMILES string of the molecule is COC(=O)C(C[C@@H]1CC[C@H]2C[C@@H]1C2(C)C)C[N+](=O)[O-]. The summed E-state index contributed by atoms with van der Waals surface area (Å²) >= 11 is 0. The van der Waals surface area contributed by atoms with Crippen LogP contribution in [0.4, 0.5) is 0 Å². The predicted molar refractivity (Wildman–Crippen MR) is 70.1 cm³/mol. The number of carbonyl (C=O) groups excluding carboxylic acids is 1. The molecule has 3 aliphatic rings. The van der Waals surface area contributed by atoms with Gasteiger partial charge in [-0.2, -0.15) is 0 Å². The number of nitro groups is 1. The van der Waals surface area contributed by atoms with E-state index in [0.717, 1.165) is 12.3 Å². The molecule has 2 bridgehead atoms. The van der Waals surface area contributed by atoms with E-state index in [4.69, 9.17) is 4.74 Å². The molecule has 0 aromatic carbocycles. The van der Waals surface area contributed by atoms with Crippen molar-refractivity contribution in [3.63, 3.8) is 0 Å². The average molecular weight is 269 g/mol. The zero-order chi connectivity index (χ0) is 14.2. The van der Waals surface area contributed by atoms with Gasteiger partial charge in [0.25, 0.3) is 0 Å². The molecule has 4 atom stereocenters. The molecule has 19 heavy (non-hydrogen) atoms. The van der Waals surface area contributed by atoms with Crippen molar-refractivity contribution in [2.75, 3.05) is 13.7 Å². The van der Waals surface area contributed by atoms with Crippen LogP contribution in [0, 0.1) is 39.2 Å². The van der Waals surface area contributed by atoms with Crippen LogP contribution in [0.15, 0.2) is 0 Å². The Hall–Kier alpha value is -1.13. The number of hydrogen-bond acceptors (Lipinski definition) is 4. The van der Waals surface area contributed by atoms with Gasteiger partial charge >= 0.3 is 5.97 Å². The van der Waals surface area contributed by atoms with E-state index in [9.17, 15) is 14.9 Å². The van der Waals surface area contributed by atoms with Crippen LogP contribution in [-0.2, 0) is 9.53 Å². The Kier molecular flexibility index (Phi) is 3.83. The maximum Gasteiger partial charge on any atom is 0.315 e. The lowest BCUT2D eigenvalue weighted by molar-refractivity contribution is -0.486. The van der Waals surface area contributed by atoms with Crippen LogP contribution in [0.5, 0.6) is 0 Å². The highest BCUT2D eigenvalue weighted by Gasteiger charge is 2.54. The molecule has 1 unspecified atom stereocenters. The van der Waals surface area contributed by atoms with Gasteiger partial charge in [-0.25, -0.2) is 0 Å². The monoisotopic (exact) mass is 269 g/mol. The van der Waals surface area contributed by atoms with Crippen molar-refractivity contribution < 1.29 is 14.5 Å². The molecule has 0 aromatic rings. The molecule has 108 valence electrons. The minimum atomic E-state index is -0.585. The second-order valence-corrected chi connectivity index (χ2v) is 6.67. The summed E-state index contributed by atoms with van der Waals surface area (Å²) in [4.78, 5) is 22.0. The van der Waals surface area contributed by atoms with E-state index in [1.54, 1.807) is 0 Å². The third-order valence-corrected chi connectivity index (χ3v) is 5.49. The lowest BCUT2D eigenvalue weighted by Crippen LogP contribution is -2.53. The van der Waals surface area contributed by atoms with Gasteiger partial charge < -0.3 is 4.74 Å². The standard InChI is InChI=1S/C14H23NO4/c1-14(2)11-5-4-9(12(14)7-11)6-10(8-15(17)18)13(16)19-3/h9-12H,4-8H2,1-3H3/t9-,10?,11-,12-/m0/s1. The second kappa shape index (κ2) is 5.10. The number of methoxy groups -OCH3 is 1. The average Bonchev–Trinajstić information content (AvgIpc) is 2.36. The molecule has 5 heteroatoms. The smallest absolute Gasteiger partial charge is 0.315 e. The van der Waals surface area contributed by atoms with Gasteiger partial charge in [0.15, 0.2) is 0 Å². The number of fused-ring (bicyclic) bond motifs is 2. The third kappa shape index (κ3) is 2.60. The van der Waals surface area contributed by atoms with Gasteiger partial charge in [-0.05, 0) is 48.9 Å². The van der Waals surface area contributed by atoms with Crippen molar-refractivity contribution in [1.29, 1.82) is 0 Å². The van der Waals surface area contributed by atoms with Crippen LogP contribution in [0.25, 0.3) is 0 Å². The molecule has 0 saturated heterocycles. The van der Waals surface area contributed by atoms with Crippen molar-refractivity contribution in [3.05, 3.63) is 10.1 Å². The second-order valence-electron chi connectivity index (χ2n) is 6.67. The molecule has 3 fully saturated rings. The van der Waals surface area contributed by atoms with E-state index < -0.39 is 16.8 Å². The Morgan fingerprint density at radius 3 is 2.63 bits per heavy atom. The van der Waals surface area contributed by atoms with Crippen molar-refractivity contribution >= 4 is 5.97 Å². The van der Waals surface area contributed by atoms with Crippen molar-refractivity contribution in [2.45, 2.75) is 39.5 Å². The summed E-state index contributed by atoms with van der Waals surface area (Å²) in [6.07, 6.45) is 4.13. The van der Waals surface area contributed by atoms with Crippen LogP contribution in [0.3, 0.4) is 0 Å². The zero-order valence-corrected chi connectivity index (χ0v) is 11.9. The first-order valence-corrected chi connectivity index (χ1v) is 7.05. The van der Waals surface area contributed by atoms with E-state index in [1.165, 1.54) is 20.0 Å². The molecule has 0 amide bonds. The van der Waals surface area contributed by atoms with E-state index in [2.05, 4.69) is 13.8 Å². The van der Waals surface area contributed by atoms with E-state index >= 15 is 0 Å². The lowest BCUT2D eigenvalue weighted by atomic mass is 9.45. The quantitative estimate of drug-likeness (QED) is 0.437. The van der Waals surface area contributed by atoms with Crippen LogP contribution in [0.2, 0.25) is 0 Å². The molecular formula is C14H23NO4. The first kappa shape index (κ1) is 14.3. The van der Waals surface area contributed by atoms with Crippen molar-refractivity contribution in [1.82, 2.24) is 0 Å². The molecule has 0 aromatic heterocycles. The molecular weight excluding hydrogens is 246 g/mol. The van der Waals surface area contributed by atoms with Gasteiger partial charge in [-0.15, -0.1) is 0 Å². The zero-order valence-electron chi connectivity index (χ0n) is 11.9. The number of esters is 1. The van der Waals surface area contributed by atoms with E-state index in [0.29, 0.717) is 23.7 Å². The fourth-order valence-corrected chi connectivity index (χ4v) is 4.20. The highest BCUT2D eigenvalue weighted by Crippen LogP contribution is 2.62. The summed E-state index contributed by atoms with van der Waals surface area (Å²) in [7, 11) is 1.31. The molecule has 5 nitrogen and oxygen atoms in total. The van der Waals surface area contributed by atoms with Gasteiger partial charge in [0.2, 0.25) is 6.54 Å². The Bertz CT molecular complexity index is 378. The van der Waals surface area contributed by atoms with Gasteiger partial charge in [0.05, 0.1) is 7.11 Å². The van der Waals surface area contributed by atoms with Gasteiger partial charge in [-0.1, -0.05) is 13.8 Å². The summed E-state index contributed by atoms with van der Waals surface area (Å²) in [6.45, 7) is 4.27. The topological polar surface area (TPSA) is 69.4 Å². The maximum atomic E-state index is 11.7. The normalized spacial score (nSPS) is 33.1. The summed E-state index contributed by atoms with van der Waals surface area (Å²) in [6, 6.07) is 0. The van der Waals surface area contributed by atoms with E-state index in [-0.39, 0.29) is 6.54 Å². The molecule has 0 heterocycles. The molecule has 3 aliphatic carbocycles. The molecule has 0 N–H and O–H groups in total. The Morgan fingerprint density at radius 1 is 1.47 bits per heavy atom. The van der Waals surface area contributed by atoms with Crippen LogP contribution >= 0.6 is 0 Å². The molecule has 0 radical (unpaired) electrons. The summed E-state index contributed by atoms with van der Waals surface area (Å²) in [5.74, 6) is 0.837. The molecule has 3 saturated carbocycles. The predicted octanol–water partition coefficient (Wildman–Crippen LogP) is 2.51. The fraction of sp³-hybridized carbons (Fsp3) is 0.929. The maximum absolute atomic E-state index is 11.7. The van der Waals surface area contributed by atoms with Crippen molar-refractivity contribution in [3.8, 4) is 0 Å². The summed E-state index contributed by atoms with van der Waals surface area (Å²) in [5, 5.41) is 10.7. The number of nitrogens with zero attached hydrogens (tertiary/aromatic N) is 1. The number of carbonyl (C=O) groups is 1. The highest BCUT2D eigenvalue weighted by atomic mass is 16.6. The van der Waals surface area contributed by atoms with Gasteiger partial charge in [0, 0.05) is 4.92 Å². The first-order chi connectivity index (χ1) is 8.86. The minimum absolute atomic E-state index is 0.306. The summed E-state index contributed by atoms with van der Waals surface area (Å²) < 4.78 is 4.71. The fourth-order valence-electron chi connectivity index (χ4n) is 4.20. The highest BCUT2D eigenvalue weighted by molar-refractivity contribution is 5.72. The summed E-state index contributed by atoms with van der Waals surface area (Å²) in [5.41, 5.74) is 0.345. The molecule has 3 rings (SSSR count). The Morgan fingerprint density at radius 2 is 2.16 bits per heavy atom. The molecule has 0 aliphatic heterocycles. The largest absolute Gasteiger partial charge is 0.469 e. The van der Waals surface area contributed by atoms with E-state index in [1.807, 2.05) is 0 Å². The first-order valence-electron chi connectivity index (χ1n) is 7.05. The van der Waals surface area contributed by atoms with Crippen LogP contribution < -0.4 is 0 Å². The molecule has 0 spiro atoms. The number of ether oxygens (including phenoxy) is 1. The number of rotatable bonds is 5. The third-order valence-electron chi connectivity index (χ3n) is 5.49. The number of hydrogen-bond donors (Lipinski definition) is 0. The van der Waals surface area contributed by atoms with Gasteiger partial charge in [0.1, 0.15) is 5.92 Å². The Labute approximate surface area is 113 Å². The Balaban J connectivity index is 2.01. The van der Waals surface area contributed by atoms with Crippen LogP contribution in [0.1, 0.15) is 39.5 Å².